The zero-order valence-corrected chi connectivity index (χ0v) is 21.9. The highest BCUT2D eigenvalue weighted by atomic mass is 127. The molecule has 6 nitrogen and oxygen atoms in total. The molecule has 0 aromatic carbocycles. The van der Waals surface area contributed by atoms with E-state index in [9.17, 15) is 0 Å². The van der Waals surface area contributed by atoms with Gasteiger partial charge in [-0.15, -0.1) is 35.3 Å². The predicted octanol–water partition coefficient (Wildman–Crippen LogP) is 4.07. The van der Waals surface area contributed by atoms with E-state index in [1.807, 2.05) is 30.5 Å². The van der Waals surface area contributed by atoms with Crippen molar-refractivity contribution in [3.8, 4) is 0 Å². The molecule has 2 aromatic rings. The molecule has 31 heavy (non-hydrogen) atoms. The molecule has 2 saturated heterocycles. The number of thiophene rings is 1. The van der Waals surface area contributed by atoms with Crippen LogP contribution in [0.3, 0.4) is 0 Å². The van der Waals surface area contributed by atoms with Crippen molar-refractivity contribution in [2.24, 2.45) is 10.9 Å². The Morgan fingerprint density at radius 1 is 1.23 bits per heavy atom. The first-order valence-corrected chi connectivity index (χ1v) is 12.0. The Kier molecular flexibility index (Phi) is 9.68. The van der Waals surface area contributed by atoms with Gasteiger partial charge in [0, 0.05) is 50.3 Å². The van der Waals surface area contributed by atoms with E-state index < -0.39 is 0 Å². The number of nitrogens with zero attached hydrogens (tertiary/aromatic N) is 4. The summed E-state index contributed by atoms with van der Waals surface area (Å²) >= 11 is 8.16. The molecule has 0 aliphatic carbocycles. The summed E-state index contributed by atoms with van der Waals surface area (Å²) in [7, 11) is 1.85. The van der Waals surface area contributed by atoms with Gasteiger partial charge in [-0.1, -0.05) is 17.7 Å². The van der Waals surface area contributed by atoms with E-state index >= 15 is 0 Å². The van der Waals surface area contributed by atoms with Crippen LogP contribution in [0.15, 0.2) is 40.8 Å². The minimum atomic E-state index is 0. The average molecular weight is 575 g/mol. The second kappa shape index (κ2) is 12.2. The number of aliphatic imine (C=N–C) groups is 1. The summed E-state index contributed by atoms with van der Waals surface area (Å²) in [6, 6.07) is 8.50. The number of piperidine rings is 1. The number of rotatable bonds is 6. The molecule has 1 unspecified atom stereocenters. The Hall–Kier alpha value is -1.10. The minimum Gasteiger partial charge on any atom is -0.356 e. The van der Waals surface area contributed by atoms with Gasteiger partial charge in [0.25, 0.3) is 0 Å². The Labute approximate surface area is 211 Å². The molecule has 2 fully saturated rings. The van der Waals surface area contributed by atoms with Crippen LogP contribution in [0.2, 0.25) is 5.02 Å². The van der Waals surface area contributed by atoms with Crippen LogP contribution < -0.4 is 15.5 Å². The van der Waals surface area contributed by atoms with E-state index in [-0.39, 0.29) is 24.0 Å². The van der Waals surface area contributed by atoms with Crippen LogP contribution in [0.4, 0.5) is 5.82 Å². The molecule has 4 rings (SSSR count). The molecule has 2 aliphatic rings. The zero-order valence-electron chi connectivity index (χ0n) is 18.0. The Morgan fingerprint density at radius 2 is 2.06 bits per heavy atom. The normalized spacial score (nSPS) is 20.5. The topological polar surface area (TPSA) is 55.8 Å². The molecular weight excluding hydrogens is 543 g/mol. The molecule has 0 bridgehead atoms. The smallest absolute Gasteiger partial charge is 0.191 e. The van der Waals surface area contributed by atoms with Gasteiger partial charge in [-0.3, -0.25) is 9.89 Å². The second-order valence-corrected chi connectivity index (χ2v) is 9.58. The SMILES string of the molecule is CN=C(NCC1CCN(Cc2cccs2)CC1)NC1CCN(c2ncccc2Cl)C1.I. The Bertz CT molecular complexity index is 825. The van der Waals surface area contributed by atoms with Crippen molar-refractivity contribution in [1.82, 2.24) is 20.5 Å². The van der Waals surface area contributed by atoms with Crippen molar-refractivity contribution in [3.05, 3.63) is 45.7 Å². The number of hydrogen-bond donors (Lipinski definition) is 2. The summed E-state index contributed by atoms with van der Waals surface area (Å²) < 4.78 is 0. The Balaban J connectivity index is 0.00000272. The summed E-state index contributed by atoms with van der Waals surface area (Å²) in [6.45, 7) is 6.28. The molecule has 2 aliphatic heterocycles. The summed E-state index contributed by atoms with van der Waals surface area (Å²) in [5.41, 5.74) is 0. The third kappa shape index (κ3) is 6.94. The molecule has 0 spiro atoms. The highest BCUT2D eigenvalue weighted by Crippen LogP contribution is 2.26. The molecule has 170 valence electrons. The van der Waals surface area contributed by atoms with E-state index in [2.05, 4.69) is 47.9 Å². The molecule has 2 aromatic heterocycles. The fraction of sp³-hybridized carbons (Fsp3) is 0.545. The van der Waals surface area contributed by atoms with Crippen molar-refractivity contribution < 1.29 is 0 Å². The van der Waals surface area contributed by atoms with Gasteiger partial charge >= 0.3 is 0 Å². The number of aromatic nitrogens is 1. The number of likely N-dealkylation sites (tertiary alicyclic amines) is 1. The number of halogens is 2. The lowest BCUT2D eigenvalue weighted by Crippen LogP contribution is -2.47. The lowest BCUT2D eigenvalue weighted by molar-refractivity contribution is 0.179. The molecule has 0 radical (unpaired) electrons. The molecule has 0 saturated carbocycles. The lowest BCUT2D eigenvalue weighted by Gasteiger charge is -2.32. The van der Waals surface area contributed by atoms with Crippen molar-refractivity contribution >= 4 is 58.7 Å². The van der Waals surface area contributed by atoms with Gasteiger partial charge < -0.3 is 15.5 Å². The predicted molar refractivity (Wildman–Crippen MR) is 142 cm³/mol. The van der Waals surface area contributed by atoms with Gasteiger partial charge in [-0.2, -0.15) is 0 Å². The van der Waals surface area contributed by atoms with E-state index in [1.165, 1.54) is 30.8 Å². The third-order valence-corrected chi connectivity index (χ3v) is 7.17. The monoisotopic (exact) mass is 574 g/mol. The fourth-order valence-electron chi connectivity index (χ4n) is 4.28. The fourth-order valence-corrected chi connectivity index (χ4v) is 5.27. The first kappa shape index (κ1) is 24.5. The number of nitrogens with one attached hydrogen (secondary N) is 2. The first-order valence-electron chi connectivity index (χ1n) is 10.8. The number of guanidine groups is 1. The molecular formula is C22H32ClIN6S. The van der Waals surface area contributed by atoms with Crippen LogP contribution in [-0.4, -0.2) is 61.7 Å². The van der Waals surface area contributed by atoms with Crippen molar-refractivity contribution in [1.29, 1.82) is 0 Å². The molecule has 2 N–H and O–H groups in total. The first-order chi connectivity index (χ1) is 14.7. The summed E-state index contributed by atoms with van der Waals surface area (Å²) in [4.78, 5) is 15.2. The largest absolute Gasteiger partial charge is 0.356 e. The van der Waals surface area contributed by atoms with Gasteiger partial charge in [-0.25, -0.2) is 4.98 Å². The van der Waals surface area contributed by atoms with Crippen LogP contribution in [0.25, 0.3) is 0 Å². The van der Waals surface area contributed by atoms with Crippen LogP contribution in [0.5, 0.6) is 0 Å². The summed E-state index contributed by atoms with van der Waals surface area (Å²) in [5, 5.41) is 10.0. The van der Waals surface area contributed by atoms with Crippen molar-refractivity contribution in [2.75, 3.05) is 44.7 Å². The lowest BCUT2D eigenvalue weighted by atomic mass is 9.97. The third-order valence-electron chi connectivity index (χ3n) is 6.02. The van der Waals surface area contributed by atoms with Crippen molar-refractivity contribution in [3.63, 3.8) is 0 Å². The van der Waals surface area contributed by atoms with Crippen LogP contribution in [0, 0.1) is 5.92 Å². The van der Waals surface area contributed by atoms with Gasteiger partial charge in [0.05, 0.1) is 5.02 Å². The molecule has 0 amide bonds. The molecule has 4 heterocycles. The van der Waals surface area contributed by atoms with E-state index in [1.54, 1.807) is 6.20 Å². The second-order valence-electron chi connectivity index (χ2n) is 8.14. The van der Waals surface area contributed by atoms with Gasteiger partial charge in [0.15, 0.2) is 5.96 Å². The highest BCUT2D eigenvalue weighted by Gasteiger charge is 2.26. The summed E-state index contributed by atoms with van der Waals surface area (Å²) in [5.74, 6) is 2.48. The molecule has 9 heteroatoms. The van der Waals surface area contributed by atoms with Gasteiger partial charge in [-0.05, 0) is 61.8 Å². The number of anilines is 1. The molecule has 1 atom stereocenters. The summed E-state index contributed by atoms with van der Waals surface area (Å²) in [6.07, 6.45) is 5.33. The minimum absolute atomic E-state index is 0. The van der Waals surface area contributed by atoms with E-state index in [0.717, 1.165) is 44.4 Å². The number of hydrogen-bond acceptors (Lipinski definition) is 5. The van der Waals surface area contributed by atoms with Crippen LogP contribution in [-0.2, 0) is 6.54 Å². The maximum atomic E-state index is 6.31. The Morgan fingerprint density at radius 3 is 2.77 bits per heavy atom. The van der Waals surface area contributed by atoms with Crippen LogP contribution in [0.1, 0.15) is 24.1 Å². The van der Waals surface area contributed by atoms with Gasteiger partial charge in [0.2, 0.25) is 0 Å². The quantitative estimate of drug-likeness (QED) is 0.310. The zero-order chi connectivity index (χ0) is 20.8. The van der Waals surface area contributed by atoms with E-state index in [0.29, 0.717) is 17.0 Å². The maximum absolute atomic E-state index is 6.31. The van der Waals surface area contributed by atoms with Crippen molar-refractivity contribution in [2.45, 2.75) is 31.8 Å². The van der Waals surface area contributed by atoms with Crippen LogP contribution >= 0.6 is 46.9 Å². The highest BCUT2D eigenvalue weighted by molar-refractivity contribution is 14.0. The average Bonchev–Trinajstić information content (AvgIpc) is 3.45. The maximum Gasteiger partial charge on any atom is 0.191 e. The van der Waals surface area contributed by atoms with Gasteiger partial charge in [0.1, 0.15) is 5.82 Å². The van der Waals surface area contributed by atoms with E-state index in [4.69, 9.17) is 11.6 Å². The standard InChI is InChI=1S/C22H31ClN6S.HI/c1-24-22(27-18-8-12-29(15-18)21-20(23)5-2-9-25-21)26-14-17-6-10-28(11-7-17)16-19-4-3-13-30-19;/h2-5,9,13,17-18H,6-8,10-12,14-16H2,1H3,(H2,24,26,27);1H. The number of pyridine rings is 1.